The van der Waals surface area contributed by atoms with Gasteiger partial charge in [-0.3, -0.25) is 4.90 Å². The molecule has 8 heteroatoms. The van der Waals surface area contributed by atoms with E-state index in [2.05, 4.69) is 39.9 Å². The van der Waals surface area contributed by atoms with Gasteiger partial charge in [-0.2, -0.15) is 15.6 Å². The number of thiophene rings is 1. The summed E-state index contributed by atoms with van der Waals surface area (Å²) in [4.78, 5) is 2.50. The van der Waals surface area contributed by atoms with Crippen molar-refractivity contribution in [2.45, 2.75) is 11.4 Å². The molecule has 1 aliphatic rings. The molecule has 0 radical (unpaired) electrons. The Labute approximate surface area is 191 Å². The molecular formula is C24H24N2O4S2. The monoisotopic (exact) mass is 468 g/mol. The molecule has 0 bridgehead atoms. The van der Waals surface area contributed by atoms with Crippen molar-refractivity contribution < 1.29 is 17.6 Å². The van der Waals surface area contributed by atoms with E-state index in [0.717, 1.165) is 16.7 Å². The summed E-state index contributed by atoms with van der Waals surface area (Å²) < 4.78 is 38.8. The van der Waals surface area contributed by atoms with E-state index in [4.69, 9.17) is 9.15 Å². The highest BCUT2D eigenvalue weighted by Crippen LogP contribution is 2.29. The fourth-order valence-electron chi connectivity index (χ4n) is 4.04. The van der Waals surface area contributed by atoms with Crippen LogP contribution in [0, 0.1) is 0 Å². The molecule has 3 heterocycles. The van der Waals surface area contributed by atoms with Gasteiger partial charge in [0, 0.05) is 37.6 Å². The van der Waals surface area contributed by atoms with Crippen molar-refractivity contribution in [2.24, 2.45) is 0 Å². The van der Waals surface area contributed by atoms with Crippen LogP contribution >= 0.6 is 11.3 Å². The molecule has 4 aromatic rings. The molecule has 0 unspecified atom stereocenters. The first-order chi connectivity index (χ1) is 15.5. The Hall–Kier alpha value is -2.65. The lowest BCUT2D eigenvalue weighted by Crippen LogP contribution is -2.48. The molecule has 32 heavy (non-hydrogen) atoms. The first kappa shape index (κ1) is 21.2. The second-order valence-electron chi connectivity index (χ2n) is 7.84. The summed E-state index contributed by atoms with van der Waals surface area (Å²) in [5.74, 6) is 1.43. The van der Waals surface area contributed by atoms with E-state index in [-0.39, 0.29) is 4.90 Å². The Morgan fingerprint density at radius 1 is 1.00 bits per heavy atom. The highest BCUT2D eigenvalue weighted by Gasteiger charge is 2.29. The Morgan fingerprint density at radius 3 is 2.59 bits per heavy atom. The van der Waals surface area contributed by atoms with Crippen molar-refractivity contribution in [3.05, 3.63) is 71.1 Å². The SMILES string of the molecule is COc1cccc(S(=O)(=O)N2CCN(Cc3cc4cc(-c5ccsc5)ccc4o3)CC2)c1. The molecule has 0 aliphatic carbocycles. The molecule has 0 N–H and O–H groups in total. The average Bonchev–Trinajstić information content (AvgIpc) is 3.49. The van der Waals surface area contributed by atoms with Gasteiger partial charge in [-0.15, -0.1) is 0 Å². The number of benzene rings is 2. The third-order valence-corrected chi connectivity index (χ3v) is 8.39. The minimum Gasteiger partial charge on any atom is -0.497 e. The number of nitrogens with zero attached hydrogens (tertiary/aromatic N) is 2. The van der Waals surface area contributed by atoms with Crippen LogP contribution in [0.5, 0.6) is 5.75 Å². The van der Waals surface area contributed by atoms with Gasteiger partial charge in [-0.25, -0.2) is 8.42 Å². The van der Waals surface area contributed by atoms with E-state index in [9.17, 15) is 8.42 Å². The summed E-state index contributed by atoms with van der Waals surface area (Å²) in [5.41, 5.74) is 3.27. The third kappa shape index (κ3) is 4.19. The molecular weight excluding hydrogens is 444 g/mol. The standard InChI is InChI=1S/C24H24N2O4S2/c1-29-21-3-2-4-23(15-21)32(27,28)26-10-8-25(9-11-26)16-22-14-20-13-18(5-6-24(20)30-22)19-7-12-31-17-19/h2-7,12-15,17H,8-11,16H2,1H3. The maximum atomic E-state index is 13.0. The van der Waals surface area contributed by atoms with Gasteiger partial charge in [0.1, 0.15) is 17.1 Å². The van der Waals surface area contributed by atoms with E-state index in [1.54, 1.807) is 39.9 Å². The van der Waals surface area contributed by atoms with Gasteiger partial charge < -0.3 is 9.15 Å². The van der Waals surface area contributed by atoms with Crippen molar-refractivity contribution in [1.82, 2.24) is 9.21 Å². The number of hydrogen-bond acceptors (Lipinski definition) is 6. The van der Waals surface area contributed by atoms with Crippen LogP contribution in [-0.2, 0) is 16.6 Å². The molecule has 0 atom stereocenters. The van der Waals surface area contributed by atoms with Gasteiger partial charge in [-0.1, -0.05) is 12.1 Å². The Kier molecular flexibility index (Phi) is 5.77. The Balaban J connectivity index is 1.25. The zero-order valence-electron chi connectivity index (χ0n) is 17.7. The molecule has 2 aromatic carbocycles. The fourth-order valence-corrected chi connectivity index (χ4v) is 6.17. The maximum absolute atomic E-state index is 13.0. The van der Waals surface area contributed by atoms with Crippen molar-refractivity contribution in [3.63, 3.8) is 0 Å². The summed E-state index contributed by atoms with van der Waals surface area (Å²) in [5, 5.41) is 5.30. The molecule has 6 nitrogen and oxygen atoms in total. The maximum Gasteiger partial charge on any atom is 0.243 e. The van der Waals surface area contributed by atoms with Crippen molar-refractivity contribution in [2.75, 3.05) is 33.3 Å². The van der Waals surface area contributed by atoms with E-state index >= 15 is 0 Å². The number of ether oxygens (including phenoxy) is 1. The lowest BCUT2D eigenvalue weighted by Gasteiger charge is -2.33. The molecule has 166 valence electrons. The zero-order chi connectivity index (χ0) is 22.1. The molecule has 0 saturated carbocycles. The minimum atomic E-state index is -3.53. The summed E-state index contributed by atoms with van der Waals surface area (Å²) >= 11 is 1.69. The lowest BCUT2D eigenvalue weighted by atomic mass is 10.1. The number of methoxy groups -OCH3 is 1. The largest absolute Gasteiger partial charge is 0.497 e. The number of piperazine rings is 1. The quantitative estimate of drug-likeness (QED) is 0.411. The molecule has 1 fully saturated rings. The Morgan fingerprint density at radius 2 is 1.84 bits per heavy atom. The minimum absolute atomic E-state index is 0.268. The average molecular weight is 469 g/mol. The molecule has 1 saturated heterocycles. The van der Waals surface area contributed by atoms with E-state index in [0.29, 0.717) is 38.5 Å². The zero-order valence-corrected chi connectivity index (χ0v) is 19.4. The number of sulfonamides is 1. The molecule has 5 rings (SSSR count). The molecule has 1 aliphatic heterocycles. The number of rotatable bonds is 6. The summed E-state index contributed by atoms with van der Waals surface area (Å²) in [6.07, 6.45) is 0. The van der Waals surface area contributed by atoms with Crippen LogP contribution in [0.25, 0.3) is 22.1 Å². The van der Waals surface area contributed by atoms with Crippen LogP contribution in [0.2, 0.25) is 0 Å². The second kappa shape index (κ2) is 8.71. The second-order valence-corrected chi connectivity index (χ2v) is 10.6. The summed E-state index contributed by atoms with van der Waals surface area (Å²) in [6, 6.07) is 17.1. The number of hydrogen-bond donors (Lipinski definition) is 0. The predicted octanol–water partition coefficient (Wildman–Crippen LogP) is 4.68. The van der Waals surface area contributed by atoms with Crippen molar-refractivity contribution in [3.8, 4) is 16.9 Å². The van der Waals surface area contributed by atoms with Crippen LogP contribution in [0.4, 0.5) is 0 Å². The third-order valence-electron chi connectivity index (χ3n) is 5.81. The van der Waals surface area contributed by atoms with Gasteiger partial charge in [-0.05, 0) is 58.3 Å². The topological polar surface area (TPSA) is 63.0 Å². The van der Waals surface area contributed by atoms with E-state index in [1.807, 2.05) is 6.07 Å². The van der Waals surface area contributed by atoms with Crippen LogP contribution in [0.1, 0.15) is 5.76 Å². The van der Waals surface area contributed by atoms with Crippen molar-refractivity contribution >= 4 is 32.3 Å². The lowest BCUT2D eigenvalue weighted by molar-refractivity contribution is 0.172. The summed E-state index contributed by atoms with van der Waals surface area (Å²) in [6.45, 7) is 2.86. The fraction of sp³-hybridized carbons (Fsp3) is 0.250. The molecule has 0 spiro atoms. The normalized spacial score (nSPS) is 15.9. The highest BCUT2D eigenvalue weighted by atomic mass is 32.2. The molecule has 0 amide bonds. The van der Waals surface area contributed by atoms with E-state index < -0.39 is 10.0 Å². The van der Waals surface area contributed by atoms with Crippen molar-refractivity contribution in [1.29, 1.82) is 0 Å². The molecule has 2 aromatic heterocycles. The van der Waals surface area contributed by atoms with Crippen LogP contribution in [-0.4, -0.2) is 50.9 Å². The van der Waals surface area contributed by atoms with Crippen LogP contribution < -0.4 is 4.74 Å². The van der Waals surface area contributed by atoms with Crippen LogP contribution in [0.3, 0.4) is 0 Å². The predicted molar refractivity (Wildman–Crippen MR) is 127 cm³/mol. The van der Waals surface area contributed by atoms with Gasteiger partial charge in [0.2, 0.25) is 10.0 Å². The highest BCUT2D eigenvalue weighted by molar-refractivity contribution is 7.89. The van der Waals surface area contributed by atoms with Gasteiger partial charge in [0.05, 0.1) is 18.6 Å². The Bertz CT molecular complexity index is 1320. The number of furan rings is 1. The number of fused-ring (bicyclic) bond motifs is 1. The first-order valence-electron chi connectivity index (χ1n) is 10.4. The summed E-state index contributed by atoms with van der Waals surface area (Å²) in [7, 11) is -2.00. The van der Waals surface area contributed by atoms with Gasteiger partial charge >= 0.3 is 0 Å². The van der Waals surface area contributed by atoms with Crippen LogP contribution in [0.15, 0.2) is 74.7 Å². The smallest absolute Gasteiger partial charge is 0.243 e. The van der Waals surface area contributed by atoms with E-state index in [1.165, 1.54) is 18.2 Å². The first-order valence-corrected chi connectivity index (χ1v) is 12.8. The van der Waals surface area contributed by atoms with Gasteiger partial charge in [0.25, 0.3) is 0 Å². The van der Waals surface area contributed by atoms with Gasteiger partial charge in [0.15, 0.2) is 0 Å².